The van der Waals surface area contributed by atoms with Crippen molar-refractivity contribution in [1.82, 2.24) is 5.32 Å². The molecule has 1 amide bonds. The van der Waals surface area contributed by atoms with Crippen LogP contribution in [0.4, 0.5) is 5.69 Å². The van der Waals surface area contributed by atoms with Crippen LogP contribution in [0.15, 0.2) is 36.9 Å². The maximum Gasteiger partial charge on any atom is 0.243 e. The summed E-state index contributed by atoms with van der Waals surface area (Å²) in [6, 6.07) is 8.42. The summed E-state index contributed by atoms with van der Waals surface area (Å²) >= 11 is 0. The summed E-state index contributed by atoms with van der Waals surface area (Å²) in [4.78, 5) is 13.7. The van der Waals surface area contributed by atoms with Crippen molar-refractivity contribution in [2.24, 2.45) is 0 Å². The summed E-state index contributed by atoms with van der Waals surface area (Å²) in [5.41, 5.74) is 2.39. The van der Waals surface area contributed by atoms with Crippen LogP contribution < -0.4 is 10.2 Å². The molecular formula is C15H20N2O. The monoisotopic (exact) mass is 244 g/mol. The Balaban J connectivity index is 2.10. The zero-order valence-electron chi connectivity index (χ0n) is 10.9. The third kappa shape index (κ3) is 2.92. The maximum absolute atomic E-state index is 11.3. The van der Waals surface area contributed by atoms with Crippen molar-refractivity contribution in [3.63, 3.8) is 0 Å². The number of nitrogens with one attached hydrogen (secondary N) is 1. The van der Waals surface area contributed by atoms with Crippen molar-refractivity contribution in [3.05, 3.63) is 42.5 Å². The molecule has 0 saturated carbocycles. The Kier molecular flexibility index (Phi) is 4.03. The fourth-order valence-corrected chi connectivity index (χ4v) is 2.32. The number of hydrogen-bond donors (Lipinski definition) is 1. The fraction of sp³-hybridized carbons (Fsp3) is 0.400. The summed E-state index contributed by atoms with van der Waals surface area (Å²) in [7, 11) is 0. The molecule has 3 heteroatoms. The molecule has 1 saturated heterocycles. The lowest BCUT2D eigenvalue weighted by Crippen LogP contribution is -2.25. The van der Waals surface area contributed by atoms with Crippen LogP contribution in [0.1, 0.15) is 31.4 Å². The number of carbonyl (C=O) groups is 1. The lowest BCUT2D eigenvalue weighted by molar-refractivity contribution is -0.117. The molecule has 1 unspecified atom stereocenters. The predicted octanol–water partition coefficient (Wildman–Crippen LogP) is 2.65. The van der Waals surface area contributed by atoms with Gasteiger partial charge >= 0.3 is 0 Å². The van der Waals surface area contributed by atoms with Gasteiger partial charge in [-0.1, -0.05) is 18.7 Å². The molecular weight excluding hydrogens is 224 g/mol. The van der Waals surface area contributed by atoms with Crippen LogP contribution in [0.2, 0.25) is 0 Å². The summed E-state index contributed by atoms with van der Waals surface area (Å²) < 4.78 is 0. The Labute approximate surface area is 108 Å². The number of anilines is 1. The number of benzene rings is 1. The molecule has 1 aliphatic rings. The molecule has 1 aromatic carbocycles. The minimum Gasteiger partial charge on any atom is -0.372 e. The quantitative estimate of drug-likeness (QED) is 0.826. The van der Waals surface area contributed by atoms with E-state index in [2.05, 4.69) is 35.0 Å². The molecule has 96 valence electrons. The van der Waals surface area contributed by atoms with Crippen molar-refractivity contribution in [2.45, 2.75) is 25.8 Å². The van der Waals surface area contributed by atoms with Gasteiger partial charge in [0.05, 0.1) is 6.04 Å². The van der Waals surface area contributed by atoms with Crippen LogP contribution in [0.3, 0.4) is 0 Å². The Morgan fingerprint density at radius 3 is 2.83 bits per heavy atom. The maximum atomic E-state index is 11.3. The Hall–Kier alpha value is -1.77. The van der Waals surface area contributed by atoms with E-state index in [0.717, 1.165) is 18.7 Å². The molecule has 2 rings (SSSR count). The highest BCUT2D eigenvalue weighted by Crippen LogP contribution is 2.23. The van der Waals surface area contributed by atoms with E-state index < -0.39 is 0 Å². The highest BCUT2D eigenvalue weighted by Gasteiger charge is 2.14. The first kappa shape index (κ1) is 12.7. The molecule has 0 radical (unpaired) electrons. The largest absolute Gasteiger partial charge is 0.372 e. The summed E-state index contributed by atoms with van der Waals surface area (Å²) in [5, 5.41) is 2.89. The normalized spacial score (nSPS) is 16.4. The van der Waals surface area contributed by atoms with E-state index in [9.17, 15) is 4.79 Å². The second kappa shape index (κ2) is 5.71. The van der Waals surface area contributed by atoms with E-state index in [4.69, 9.17) is 0 Å². The van der Waals surface area contributed by atoms with Gasteiger partial charge in [0.25, 0.3) is 0 Å². The predicted molar refractivity (Wildman–Crippen MR) is 74.6 cm³/mol. The minimum absolute atomic E-state index is 0.0121. The van der Waals surface area contributed by atoms with Crippen LogP contribution in [0, 0.1) is 0 Å². The topological polar surface area (TPSA) is 32.3 Å². The van der Waals surface area contributed by atoms with Crippen molar-refractivity contribution in [1.29, 1.82) is 0 Å². The first-order valence-electron chi connectivity index (χ1n) is 6.48. The van der Waals surface area contributed by atoms with Gasteiger partial charge in [-0.2, -0.15) is 0 Å². The minimum atomic E-state index is -0.130. The highest BCUT2D eigenvalue weighted by atomic mass is 16.1. The molecule has 3 nitrogen and oxygen atoms in total. The molecule has 1 aliphatic heterocycles. The van der Waals surface area contributed by atoms with Gasteiger partial charge in [0.1, 0.15) is 0 Å². The van der Waals surface area contributed by atoms with E-state index in [1.807, 2.05) is 13.0 Å². The summed E-state index contributed by atoms with van der Waals surface area (Å²) in [6.07, 6.45) is 3.85. The summed E-state index contributed by atoms with van der Waals surface area (Å²) in [5.74, 6) is -0.130. The zero-order valence-corrected chi connectivity index (χ0v) is 10.9. The second-order valence-corrected chi connectivity index (χ2v) is 4.72. The van der Waals surface area contributed by atoms with Gasteiger partial charge in [0, 0.05) is 18.8 Å². The van der Waals surface area contributed by atoms with Crippen LogP contribution in [0.5, 0.6) is 0 Å². The van der Waals surface area contributed by atoms with Gasteiger partial charge in [-0.3, -0.25) is 4.79 Å². The first-order valence-corrected chi connectivity index (χ1v) is 6.48. The second-order valence-electron chi connectivity index (χ2n) is 4.72. The Morgan fingerprint density at radius 1 is 1.44 bits per heavy atom. The molecule has 1 heterocycles. The van der Waals surface area contributed by atoms with E-state index in [1.165, 1.54) is 24.6 Å². The van der Waals surface area contributed by atoms with E-state index in [0.29, 0.717) is 0 Å². The molecule has 1 aromatic rings. The van der Waals surface area contributed by atoms with Crippen LogP contribution in [-0.4, -0.2) is 19.0 Å². The van der Waals surface area contributed by atoms with Gasteiger partial charge in [0.15, 0.2) is 0 Å². The van der Waals surface area contributed by atoms with Gasteiger partial charge in [0.2, 0.25) is 5.91 Å². The van der Waals surface area contributed by atoms with Crippen LogP contribution in [-0.2, 0) is 4.79 Å². The average molecular weight is 244 g/mol. The zero-order chi connectivity index (χ0) is 13.0. The van der Waals surface area contributed by atoms with Crippen molar-refractivity contribution >= 4 is 11.6 Å². The molecule has 0 bridgehead atoms. The number of rotatable bonds is 4. The third-order valence-corrected chi connectivity index (χ3v) is 3.39. The fourth-order valence-electron chi connectivity index (χ4n) is 2.32. The molecule has 18 heavy (non-hydrogen) atoms. The molecule has 0 spiro atoms. The van der Waals surface area contributed by atoms with Crippen molar-refractivity contribution < 1.29 is 4.79 Å². The third-order valence-electron chi connectivity index (χ3n) is 3.39. The smallest absolute Gasteiger partial charge is 0.243 e. The lowest BCUT2D eigenvalue weighted by atomic mass is 10.1. The molecule has 0 aliphatic carbocycles. The number of nitrogens with zero attached hydrogens (tertiary/aromatic N) is 1. The molecule has 0 aromatic heterocycles. The Bertz CT molecular complexity index is 436. The van der Waals surface area contributed by atoms with Crippen molar-refractivity contribution in [2.75, 3.05) is 18.0 Å². The van der Waals surface area contributed by atoms with Gasteiger partial charge in [-0.05, 0) is 43.5 Å². The van der Waals surface area contributed by atoms with Gasteiger partial charge in [-0.25, -0.2) is 0 Å². The highest BCUT2D eigenvalue weighted by molar-refractivity contribution is 5.87. The molecule has 1 atom stereocenters. The molecule has 1 N–H and O–H groups in total. The van der Waals surface area contributed by atoms with E-state index in [1.54, 1.807) is 0 Å². The average Bonchev–Trinajstić information content (AvgIpc) is 2.92. The van der Waals surface area contributed by atoms with E-state index in [-0.39, 0.29) is 11.9 Å². The van der Waals surface area contributed by atoms with E-state index >= 15 is 0 Å². The first-order chi connectivity index (χ1) is 8.70. The van der Waals surface area contributed by atoms with Gasteiger partial charge in [-0.15, -0.1) is 0 Å². The van der Waals surface area contributed by atoms with Crippen molar-refractivity contribution in [3.8, 4) is 0 Å². The molecule has 1 fully saturated rings. The number of amides is 1. The van der Waals surface area contributed by atoms with Crippen LogP contribution in [0.25, 0.3) is 0 Å². The van der Waals surface area contributed by atoms with Crippen LogP contribution >= 0.6 is 0 Å². The lowest BCUT2D eigenvalue weighted by Gasteiger charge is -2.20. The standard InChI is InChI=1S/C15H20N2O/c1-3-15(18)16-12(2)13-7-6-8-14(11-13)17-9-4-5-10-17/h3,6-8,11-12H,1,4-5,9-10H2,2H3,(H,16,18). The van der Waals surface area contributed by atoms with Gasteiger partial charge < -0.3 is 10.2 Å². The summed E-state index contributed by atoms with van der Waals surface area (Å²) in [6.45, 7) is 7.73. The SMILES string of the molecule is C=CC(=O)NC(C)c1cccc(N2CCCC2)c1. The number of carbonyl (C=O) groups excluding carboxylic acids is 1. The Morgan fingerprint density at radius 2 is 2.17 bits per heavy atom. The number of hydrogen-bond acceptors (Lipinski definition) is 2.